The Labute approximate surface area is 203 Å². The quantitative estimate of drug-likeness (QED) is 0.433. The molecule has 3 aliphatic heterocycles. The van der Waals surface area contributed by atoms with E-state index in [2.05, 4.69) is 48.5 Å². The smallest absolute Gasteiger partial charge is 0.178 e. The van der Waals surface area contributed by atoms with Gasteiger partial charge in [-0.3, -0.25) is 0 Å². The number of sulfone groups is 1. The van der Waals surface area contributed by atoms with E-state index in [1.807, 2.05) is 17.8 Å². The second-order valence-electron chi connectivity index (χ2n) is 9.32. The largest absolute Gasteiger partial charge is 0.611 e. The molecule has 3 aromatic carbocycles. The molecule has 0 N–H and O–H groups in total. The third kappa shape index (κ3) is 4.05. The highest BCUT2D eigenvalue weighted by Gasteiger charge is 2.33. The topological polar surface area (TPSA) is 57.2 Å². The Kier molecular flexibility index (Phi) is 5.60. The lowest BCUT2D eigenvalue weighted by atomic mass is 9.90. The standard InChI is InChI=1S/C27H26O3S3/c28-32-17-23(19-10-12-27-22(14-19)5-3-13-33(27,29)30)15-21-8-7-20(16-26(21)32)25-11-9-18-4-1-2-6-24(18)31-25/h1-2,4,6-8,10,12,14,16,23,25H,3,5,9,11,13,15,17H2. The molecule has 3 aliphatic rings. The second kappa shape index (κ2) is 8.49. The van der Waals surface area contributed by atoms with E-state index in [1.165, 1.54) is 21.6 Å². The maximum absolute atomic E-state index is 13.3. The zero-order valence-electron chi connectivity index (χ0n) is 18.3. The molecular formula is C27H26O3S3. The van der Waals surface area contributed by atoms with Crippen molar-refractivity contribution in [3.8, 4) is 0 Å². The minimum Gasteiger partial charge on any atom is -0.611 e. The monoisotopic (exact) mass is 494 g/mol. The Morgan fingerprint density at radius 3 is 2.67 bits per heavy atom. The molecule has 0 radical (unpaired) electrons. The Balaban J connectivity index is 1.25. The molecule has 3 heterocycles. The van der Waals surface area contributed by atoms with Gasteiger partial charge in [0.15, 0.2) is 14.7 Å². The summed E-state index contributed by atoms with van der Waals surface area (Å²) in [5.41, 5.74) is 5.92. The molecule has 3 atom stereocenters. The van der Waals surface area contributed by atoms with E-state index in [9.17, 15) is 13.0 Å². The summed E-state index contributed by atoms with van der Waals surface area (Å²) in [5, 5.41) is 0.405. The minimum atomic E-state index is -3.15. The predicted octanol–water partition coefficient (Wildman–Crippen LogP) is 5.63. The molecule has 6 heteroatoms. The van der Waals surface area contributed by atoms with E-state index in [0.29, 0.717) is 22.3 Å². The number of fused-ring (bicyclic) bond motifs is 3. The number of aryl methyl sites for hydroxylation is 2. The van der Waals surface area contributed by atoms with Gasteiger partial charge in [0, 0.05) is 21.6 Å². The van der Waals surface area contributed by atoms with Crippen LogP contribution < -0.4 is 0 Å². The van der Waals surface area contributed by atoms with Gasteiger partial charge in [-0.25, -0.2) is 8.42 Å². The van der Waals surface area contributed by atoms with Crippen molar-refractivity contribution in [3.05, 3.63) is 88.5 Å². The molecule has 0 saturated heterocycles. The Morgan fingerprint density at radius 1 is 0.909 bits per heavy atom. The fraction of sp³-hybridized carbons (Fsp3) is 0.333. The maximum Gasteiger partial charge on any atom is 0.178 e. The lowest BCUT2D eigenvalue weighted by Crippen LogP contribution is -2.25. The minimum absolute atomic E-state index is 0.162. The van der Waals surface area contributed by atoms with Crippen molar-refractivity contribution >= 4 is 32.8 Å². The van der Waals surface area contributed by atoms with Crippen molar-refractivity contribution in [2.75, 3.05) is 11.5 Å². The molecule has 170 valence electrons. The fourth-order valence-corrected chi connectivity index (χ4v) is 9.89. The SMILES string of the molecule is O=S1(=O)CCCc2cc(C3Cc4ccc(C5CCc6ccccc6S5)cc4[S+]([O-])C3)ccc21. The van der Waals surface area contributed by atoms with Crippen molar-refractivity contribution in [2.24, 2.45) is 0 Å². The van der Waals surface area contributed by atoms with Gasteiger partial charge in [-0.05, 0) is 83.7 Å². The highest BCUT2D eigenvalue weighted by molar-refractivity contribution is 7.99. The molecular weight excluding hydrogens is 468 g/mol. The molecule has 0 aromatic heterocycles. The maximum atomic E-state index is 13.3. The summed E-state index contributed by atoms with van der Waals surface area (Å²) in [7, 11) is -3.15. The molecule has 33 heavy (non-hydrogen) atoms. The molecule has 3 unspecified atom stereocenters. The van der Waals surface area contributed by atoms with E-state index >= 15 is 0 Å². The van der Waals surface area contributed by atoms with Crippen molar-refractivity contribution in [1.29, 1.82) is 0 Å². The summed E-state index contributed by atoms with van der Waals surface area (Å²) in [5.74, 6) is 1.01. The van der Waals surface area contributed by atoms with Crippen molar-refractivity contribution < 1.29 is 13.0 Å². The zero-order chi connectivity index (χ0) is 22.6. The molecule has 3 nitrogen and oxygen atoms in total. The van der Waals surface area contributed by atoms with Crippen LogP contribution in [0.15, 0.2) is 75.4 Å². The predicted molar refractivity (Wildman–Crippen MR) is 134 cm³/mol. The highest BCUT2D eigenvalue weighted by atomic mass is 32.2. The van der Waals surface area contributed by atoms with Crippen LogP contribution in [0, 0.1) is 0 Å². The van der Waals surface area contributed by atoms with E-state index in [0.717, 1.165) is 41.7 Å². The summed E-state index contributed by atoms with van der Waals surface area (Å²) < 4.78 is 38.0. The van der Waals surface area contributed by atoms with Crippen LogP contribution in [0.25, 0.3) is 0 Å². The van der Waals surface area contributed by atoms with Crippen LogP contribution in [0.1, 0.15) is 51.8 Å². The van der Waals surface area contributed by atoms with Gasteiger partial charge < -0.3 is 4.55 Å². The first-order valence-corrected chi connectivity index (χ1v) is 15.4. The Hall–Kier alpha value is -1.73. The normalized spacial score (nSPS) is 25.5. The highest BCUT2D eigenvalue weighted by Crippen LogP contribution is 2.46. The third-order valence-electron chi connectivity index (χ3n) is 7.20. The molecule has 0 aliphatic carbocycles. The van der Waals surface area contributed by atoms with E-state index in [4.69, 9.17) is 0 Å². The molecule has 0 amide bonds. The van der Waals surface area contributed by atoms with Crippen LogP contribution in [0.2, 0.25) is 0 Å². The van der Waals surface area contributed by atoms with Gasteiger partial charge in [-0.15, -0.1) is 11.8 Å². The lowest BCUT2D eigenvalue weighted by Gasteiger charge is -2.29. The van der Waals surface area contributed by atoms with Gasteiger partial charge in [0.2, 0.25) is 0 Å². The van der Waals surface area contributed by atoms with Crippen LogP contribution in [-0.2, 0) is 40.3 Å². The first-order chi connectivity index (χ1) is 16.0. The molecule has 0 spiro atoms. The van der Waals surface area contributed by atoms with Crippen LogP contribution in [0.3, 0.4) is 0 Å². The summed E-state index contributed by atoms with van der Waals surface area (Å²) in [6, 6.07) is 21.0. The van der Waals surface area contributed by atoms with Crippen LogP contribution in [0.5, 0.6) is 0 Å². The first kappa shape index (κ1) is 21.8. The van der Waals surface area contributed by atoms with Gasteiger partial charge in [0.1, 0.15) is 5.75 Å². The van der Waals surface area contributed by atoms with Gasteiger partial charge in [0.25, 0.3) is 0 Å². The Bertz CT molecular complexity index is 1330. The molecule has 6 rings (SSSR count). The summed E-state index contributed by atoms with van der Waals surface area (Å²) in [4.78, 5) is 2.84. The number of rotatable bonds is 2. The van der Waals surface area contributed by atoms with Gasteiger partial charge in [-0.2, -0.15) is 0 Å². The number of hydrogen-bond acceptors (Lipinski definition) is 4. The average molecular weight is 495 g/mol. The zero-order valence-corrected chi connectivity index (χ0v) is 20.8. The summed E-state index contributed by atoms with van der Waals surface area (Å²) in [6.45, 7) is 0. The van der Waals surface area contributed by atoms with Crippen LogP contribution in [0.4, 0.5) is 0 Å². The molecule has 0 fully saturated rings. The number of thioether (sulfide) groups is 1. The van der Waals surface area contributed by atoms with E-state index in [1.54, 1.807) is 6.07 Å². The van der Waals surface area contributed by atoms with Crippen molar-refractivity contribution in [2.45, 2.75) is 58.0 Å². The number of benzene rings is 3. The lowest BCUT2D eigenvalue weighted by molar-refractivity contribution is 0.572. The Morgan fingerprint density at radius 2 is 1.76 bits per heavy atom. The van der Waals surface area contributed by atoms with E-state index < -0.39 is 21.0 Å². The van der Waals surface area contributed by atoms with E-state index in [-0.39, 0.29) is 11.7 Å². The van der Waals surface area contributed by atoms with Crippen molar-refractivity contribution in [1.82, 2.24) is 0 Å². The van der Waals surface area contributed by atoms with Gasteiger partial charge in [0.05, 0.1) is 10.6 Å². The molecule has 3 aromatic rings. The molecule has 0 saturated carbocycles. The molecule has 0 bridgehead atoms. The van der Waals surface area contributed by atoms with Crippen LogP contribution in [-0.4, -0.2) is 24.5 Å². The third-order valence-corrected chi connectivity index (χ3v) is 12.1. The number of hydrogen-bond donors (Lipinski definition) is 0. The average Bonchev–Trinajstić information content (AvgIpc) is 2.83. The first-order valence-electron chi connectivity index (χ1n) is 11.6. The van der Waals surface area contributed by atoms with Crippen molar-refractivity contribution in [3.63, 3.8) is 0 Å². The van der Waals surface area contributed by atoms with Crippen LogP contribution >= 0.6 is 11.8 Å². The van der Waals surface area contributed by atoms with Gasteiger partial charge >= 0.3 is 0 Å². The second-order valence-corrected chi connectivity index (χ2v) is 14.1. The summed E-state index contributed by atoms with van der Waals surface area (Å²) in [6.07, 6.45) is 4.54. The summed E-state index contributed by atoms with van der Waals surface area (Å²) >= 11 is 0.874. The van der Waals surface area contributed by atoms with Gasteiger partial charge in [-0.1, -0.05) is 42.5 Å². The fourth-order valence-electron chi connectivity index (χ4n) is 5.44.